The van der Waals surface area contributed by atoms with Gasteiger partial charge >= 0.3 is 5.97 Å². The summed E-state index contributed by atoms with van der Waals surface area (Å²) >= 11 is 0. The zero-order valence-corrected chi connectivity index (χ0v) is 32.9. The van der Waals surface area contributed by atoms with Crippen LogP contribution in [0.5, 0.6) is 0 Å². The van der Waals surface area contributed by atoms with Gasteiger partial charge in [-0.15, -0.1) is 0 Å². The smallest absolute Gasteiger partial charge is 0.331 e. The molecule has 8 rings (SSSR count). The fraction of sp³-hybridized carbons (Fsp3) is 0.927. The molecule has 4 aliphatic carbocycles. The molecule has 312 valence electrons. The van der Waals surface area contributed by atoms with Gasteiger partial charge in [-0.05, 0) is 94.5 Å². The molecular formula is C41H64O14. The van der Waals surface area contributed by atoms with Crippen molar-refractivity contribution in [2.75, 3.05) is 6.61 Å². The average Bonchev–Trinajstić information content (AvgIpc) is 3.62. The summed E-state index contributed by atoms with van der Waals surface area (Å²) in [6.07, 6.45) is -1.26. The molecule has 4 aliphatic heterocycles. The maximum atomic E-state index is 12.6. The maximum Gasteiger partial charge on any atom is 0.331 e. The Labute approximate surface area is 323 Å². The lowest BCUT2D eigenvalue weighted by atomic mass is 9.43. The highest BCUT2D eigenvalue weighted by Crippen LogP contribution is 2.70. The standard InChI is InChI=1S/C41H64O14/c1-19-36(47)27(42)14-33(50-19)54-38-21(3)52-34(16-29(38)44)55-37-20(2)51-32(15-28(37)43)53-24-8-10-39(4)23(13-24)6-7-26-25(39)9-11-40(5)35(22-12-31(46)49-18-22)30(45)17-41(26,40)48/h12,19-21,23-30,32-38,42-45,47-48H,6-11,13-18H2,1-5H3/t19-,20-,21-,23?,24-,25?,26?,27+,28+,29+,30-,32+,33+,34+,35+,36-,37-,38-,39+,40-,41+/m1/s1. The van der Waals surface area contributed by atoms with Crippen LogP contribution in [0.1, 0.15) is 105 Å². The first kappa shape index (κ1) is 40.5. The summed E-state index contributed by atoms with van der Waals surface area (Å²) in [5, 5.41) is 66.3. The number of cyclic esters (lactones) is 1. The molecule has 14 heteroatoms. The molecule has 7 fully saturated rings. The Morgan fingerprint density at radius 1 is 0.691 bits per heavy atom. The van der Waals surface area contributed by atoms with E-state index in [1.165, 1.54) is 6.08 Å². The van der Waals surface area contributed by atoms with Crippen LogP contribution in [0.3, 0.4) is 0 Å². The predicted molar refractivity (Wildman–Crippen MR) is 193 cm³/mol. The van der Waals surface area contributed by atoms with Gasteiger partial charge in [-0.25, -0.2) is 4.79 Å². The number of hydrogen-bond donors (Lipinski definition) is 6. The molecule has 0 spiro atoms. The van der Waals surface area contributed by atoms with E-state index in [-0.39, 0.29) is 55.2 Å². The number of fused-ring (bicyclic) bond motifs is 5. The Hall–Kier alpha value is -1.27. The SMILES string of the molecule is C[C@H]1O[C@@H](O[C@H]2[C@@H](O)C[C@H](O[C@H]3[C@@H](O)C[C@H](O[C@@H]4CC[C@@]5(C)C(CCC6C5CC[C@]5(C)[C@@H](C7=CC(=O)OC7)[C@H](O)C[C@]65O)C4)O[C@@H]3C)O[C@@H]2C)C[C@H](O)[C@@H]1O. The first-order valence-electron chi connectivity index (χ1n) is 20.9. The van der Waals surface area contributed by atoms with Crippen molar-refractivity contribution in [1.82, 2.24) is 0 Å². The first-order valence-corrected chi connectivity index (χ1v) is 20.9. The minimum absolute atomic E-state index is 0.0203. The van der Waals surface area contributed by atoms with Crippen LogP contribution in [0.25, 0.3) is 0 Å². The third kappa shape index (κ3) is 7.05. The van der Waals surface area contributed by atoms with Crippen LogP contribution in [-0.2, 0) is 38.0 Å². The van der Waals surface area contributed by atoms with Crippen molar-refractivity contribution >= 4 is 5.97 Å². The summed E-state index contributed by atoms with van der Waals surface area (Å²) < 4.78 is 42.1. The Morgan fingerprint density at radius 3 is 1.87 bits per heavy atom. The monoisotopic (exact) mass is 780 g/mol. The van der Waals surface area contributed by atoms with Gasteiger partial charge in [0.05, 0.1) is 54.4 Å². The zero-order chi connectivity index (χ0) is 39.2. The molecule has 8 aliphatic rings. The Bertz CT molecular complexity index is 1410. The van der Waals surface area contributed by atoms with Crippen molar-refractivity contribution in [2.45, 2.75) is 197 Å². The van der Waals surface area contributed by atoms with Crippen LogP contribution >= 0.6 is 0 Å². The van der Waals surface area contributed by atoms with Gasteiger partial charge in [-0.3, -0.25) is 0 Å². The molecule has 0 bridgehead atoms. The molecule has 14 nitrogen and oxygen atoms in total. The Kier molecular flexibility index (Phi) is 11.1. The maximum absolute atomic E-state index is 12.6. The number of aliphatic hydroxyl groups excluding tert-OH is 5. The largest absolute Gasteiger partial charge is 0.458 e. The molecule has 3 saturated heterocycles. The van der Waals surface area contributed by atoms with E-state index in [1.54, 1.807) is 13.8 Å². The normalized spacial score (nSPS) is 55.5. The topological polar surface area (TPSA) is 203 Å². The lowest BCUT2D eigenvalue weighted by Crippen LogP contribution is -2.62. The van der Waals surface area contributed by atoms with Crippen LogP contribution in [0.2, 0.25) is 0 Å². The van der Waals surface area contributed by atoms with E-state index in [2.05, 4.69) is 13.8 Å². The van der Waals surface area contributed by atoms with Crippen LogP contribution in [0.15, 0.2) is 11.6 Å². The van der Waals surface area contributed by atoms with Crippen LogP contribution < -0.4 is 0 Å². The molecule has 55 heavy (non-hydrogen) atoms. The van der Waals surface area contributed by atoms with Crippen LogP contribution in [0, 0.1) is 34.5 Å². The summed E-state index contributed by atoms with van der Waals surface area (Å²) in [5.74, 6) is 0.174. The lowest BCUT2D eigenvalue weighted by Gasteiger charge is -2.63. The second-order valence-electron chi connectivity index (χ2n) is 18.9. The van der Waals surface area contributed by atoms with E-state index in [0.29, 0.717) is 18.3 Å². The molecule has 0 aromatic carbocycles. The number of rotatable bonds is 7. The number of ether oxygens (including phenoxy) is 7. The third-order valence-corrected chi connectivity index (χ3v) is 15.8. The second-order valence-corrected chi connectivity index (χ2v) is 18.9. The molecule has 21 atom stereocenters. The molecule has 6 N–H and O–H groups in total. The second kappa shape index (κ2) is 15.1. The Balaban J connectivity index is 0.834. The van der Waals surface area contributed by atoms with E-state index >= 15 is 0 Å². The highest BCUT2D eigenvalue weighted by Gasteiger charge is 2.70. The van der Waals surface area contributed by atoms with Crippen LogP contribution in [-0.4, -0.2) is 135 Å². The summed E-state index contributed by atoms with van der Waals surface area (Å²) in [6, 6.07) is 0. The minimum Gasteiger partial charge on any atom is -0.458 e. The summed E-state index contributed by atoms with van der Waals surface area (Å²) in [6.45, 7) is 9.98. The highest BCUT2D eigenvalue weighted by molar-refractivity contribution is 5.85. The quantitative estimate of drug-likeness (QED) is 0.162. The average molecular weight is 781 g/mol. The van der Waals surface area contributed by atoms with E-state index in [0.717, 1.165) is 50.5 Å². The zero-order valence-electron chi connectivity index (χ0n) is 32.9. The van der Waals surface area contributed by atoms with Crippen molar-refractivity contribution in [2.24, 2.45) is 34.5 Å². The van der Waals surface area contributed by atoms with Crippen molar-refractivity contribution < 1.29 is 68.6 Å². The van der Waals surface area contributed by atoms with Gasteiger partial charge in [0.25, 0.3) is 0 Å². The summed E-state index contributed by atoms with van der Waals surface area (Å²) in [5.41, 5.74) is -0.686. The van der Waals surface area contributed by atoms with Crippen molar-refractivity contribution in [3.05, 3.63) is 11.6 Å². The number of esters is 1. The van der Waals surface area contributed by atoms with E-state index in [4.69, 9.17) is 33.2 Å². The minimum atomic E-state index is -1.01. The van der Waals surface area contributed by atoms with Crippen LogP contribution in [0.4, 0.5) is 0 Å². The fourth-order valence-electron chi connectivity index (χ4n) is 12.9. The number of carbonyl (C=O) groups is 1. The third-order valence-electron chi connectivity index (χ3n) is 15.8. The molecule has 4 heterocycles. The molecule has 4 saturated carbocycles. The molecule has 0 aromatic rings. The van der Waals surface area contributed by atoms with Crippen molar-refractivity contribution in [3.63, 3.8) is 0 Å². The first-order chi connectivity index (χ1) is 26.0. The van der Waals surface area contributed by atoms with Gasteiger partial charge in [-0.1, -0.05) is 13.8 Å². The van der Waals surface area contributed by atoms with E-state index in [9.17, 15) is 35.4 Å². The lowest BCUT2D eigenvalue weighted by molar-refractivity contribution is -0.336. The number of carbonyl (C=O) groups excluding carboxylic acids is 1. The van der Waals surface area contributed by atoms with Gasteiger partial charge in [0, 0.05) is 43.1 Å². The molecule has 0 amide bonds. The Morgan fingerprint density at radius 2 is 1.29 bits per heavy atom. The number of hydrogen-bond acceptors (Lipinski definition) is 14. The summed E-state index contributed by atoms with van der Waals surface area (Å²) in [4.78, 5) is 12.0. The predicted octanol–water partition coefficient (Wildman–Crippen LogP) is 2.22. The van der Waals surface area contributed by atoms with E-state index < -0.39 is 90.9 Å². The van der Waals surface area contributed by atoms with Gasteiger partial charge < -0.3 is 63.8 Å². The molecule has 0 radical (unpaired) electrons. The van der Waals surface area contributed by atoms with Gasteiger partial charge in [0.15, 0.2) is 18.9 Å². The number of aliphatic hydroxyl groups is 6. The molecule has 0 aromatic heterocycles. The fourth-order valence-corrected chi connectivity index (χ4v) is 12.9. The molecular weight excluding hydrogens is 716 g/mol. The van der Waals surface area contributed by atoms with Gasteiger partial charge in [-0.2, -0.15) is 0 Å². The highest BCUT2D eigenvalue weighted by atomic mass is 16.7. The summed E-state index contributed by atoms with van der Waals surface area (Å²) in [7, 11) is 0. The molecule has 3 unspecified atom stereocenters. The van der Waals surface area contributed by atoms with E-state index in [1.807, 2.05) is 6.92 Å². The van der Waals surface area contributed by atoms with Crippen molar-refractivity contribution in [1.29, 1.82) is 0 Å². The van der Waals surface area contributed by atoms with Crippen molar-refractivity contribution in [3.8, 4) is 0 Å². The van der Waals surface area contributed by atoms with Gasteiger partial charge in [0.1, 0.15) is 24.9 Å². The van der Waals surface area contributed by atoms with Gasteiger partial charge in [0.2, 0.25) is 0 Å².